The summed E-state index contributed by atoms with van der Waals surface area (Å²) in [5.41, 5.74) is -0.395. The van der Waals surface area contributed by atoms with Crippen LogP contribution in [0.1, 0.15) is 5.56 Å². The highest BCUT2D eigenvalue weighted by molar-refractivity contribution is 6.10. The van der Waals surface area contributed by atoms with Crippen LogP contribution in [0.5, 0.6) is 11.5 Å². The minimum Gasteiger partial charge on any atom is -0.496 e. The lowest BCUT2D eigenvalue weighted by Gasteiger charge is -2.07. The van der Waals surface area contributed by atoms with Gasteiger partial charge in [-0.05, 0) is 35.9 Å². The zero-order chi connectivity index (χ0) is 21.4. The van der Waals surface area contributed by atoms with Crippen LogP contribution in [0.2, 0.25) is 0 Å². The Kier molecular flexibility index (Phi) is 6.86. The van der Waals surface area contributed by atoms with Gasteiger partial charge in [0.2, 0.25) is 0 Å². The SMILES string of the molecule is COc1ccc(NC(=O)/C(C#N)=C/c2cccc(OCC(=O)O)c2)c([N+](=O)[O-])c1. The van der Waals surface area contributed by atoms with Crippen molar-refractivity contribution in [2.75, 3.05) is 19.0 Å². The van der Waals surface area contributed by atoms with Crippen LogP contribution in [0, 0.1) is 21.4 Å². The lowest BCUT2D eigenvalue weighted by atomic mass is 10.1. The maximum Gasteiger partial charge on any atom is 0.341 e. The molecular formula is C19H15N3O7. The number of amides is 1. The number of rotatable bonds is 8. The van der Waals surface area contributed by atoms with Gasteiger partial charge in [0.15, 0.2) is 6.61 Å². The number of carboxylic acid groups (broad SMARTS) is 1. The van der Waals surface area contributed by atoms with Gasteiger partial charge in [-0.2, -0.15) is 5.26 Å². The molecule has 0 aromatic heterocycles. The molecule has 0 bridgehead atoms. The number of anilines is 1. The van der Waals surface area contributed by atoms with Crippen molar-refractivity contribution in [1.29, 1.82) is 5.26 Å². The molecule has 0 aliphatic carbocycles. The molecule has 2 aromatic rings. The van der Waals surface area contributed by atoms with Crippen molar-refractivity contribution >= 4 is 29.3 Å². The summed E-state index contributed by atoms with van der Waals surface area (Å²) < 4.78 is 9.97. The summed E-state index contributed by atoms with van der Waals surface area (Å²) in [6, 6.07) is 11.7. The molecule has 148 valence electrons. The van der Waals surface area contributed by atoms with Crippen LogP contribution in [0.25, 0.3) is 6.08 Å². The molecule has 0 aliphatic rings. The minimum atomic E-state index is -1.15. The van der Waals surface area contributed by atoms with Crippen LogP contribution in [-0.2, 0) is 9.59 Å². The smallest absolute Gasteiger partial charge is 0.341 e. The van der Waals surface area contributed by atoms with Gasteiger partial charge in [0.05, 0.1) is 18.1 Å². The normalized spacial score (nSPS) is 10.6. The largest absolute Gasteiger partial charge is 0.496 e. The van der Waals surface area contributed by atoms with E-state index in [1.807, 2.05) is 0 Å². The summed E-state index contributed by atoms with van der Waals surface area (Å²) in [6.45, 7) is -0.542. The van der Waals surface area contributed by atoms with E-state index in [0.29, 0.717) is 5.56 Å². The second-order valence-electron chi connectivity index (χ2n) is 5.52. The maximum absolute atomic E-state index is 12.4. The molecule has 0 heterocycles. The van der Waals surface area contributed by atoms with E-state index >= 15 is 0 Å². The molecule has 2 aromatic carbocycles. The Balaban J connectivity index is 2.26. The molecule has 0 aliphatic heterocycles. The number of benzene rings is 2. The Bertz CT molecular complexity index is 1020. The predicted molar refractivity (Wildman–Crippen MR) is 101 cm³/mol. The fraction of sp³-hybridized carbons (Fsp3) is 0.105. The van der Waals surface area contributed by atoms with Crippen LogP contribution in [0.3, 0.4) is 0 Å². The summed E-state index contributed by atoms with van der Waals surface area (Å²) in [7, 11) is 1.35. The third-order valence-corrected chi connectivity index (χ3v) is 3.55. The van der Waals surface area contributed by atoms with Crippen molar-refractivity contribution in [3.8, 4) is 17.6 Å². The van der Waals surface area contributed by atoms with Gasteiger partial charge in [-0.3, -0.25) is 14.9 Å². The van der Waals surface area contributed by atoms with Crippen LogP contribution < -0.4 is 14.8 Å². The third kappa shape index (κ3) is 5.80. The number of carboxylic acids is 1. The second-order valence-corrected chi connectivity index (χ2v) is 5.52. The Morgan fingerprint density at radius 2 is 2.03 bits per heavy atom. The van der Waals surface area contributed by atoms with Crippen molar-refractivity contribution in [2.24, 2.45) is 0 Å². The number of carbonyl (C=O) groups is 2. The Morgan fingerprint density at radius 1 is 1.28 bits per heavy atom. The number of nitro groups is 1. The van der Waals surface area contributed by atoms with Gasteiger partial charge in [-0.1, -0.05) is 12.1 Å². The lowest BCUT2D eigenvalue weighted by Crippen LogP contribution is -2.14. The first-order chi connectivity index (χ1) is 13.8. The molecule has 0 atom stereocenters. The van der Waals surface area contributed by atoms with E-state index in [1.165, 1.54) is 37.5 Å². The summed E-state index contributed by atoms with van der Waals surface area (Å²) in [6.07, 6.45) is 1.25. The summed E-state index contributed by atoms with van der Waals surface area (Å²) in [5, 5.41) is 31.5. The maximum atomic E-state index is 12.4. The number of hydrogen-bond donors (Lipinski definition) is 2. The van der Waals surface area contributed by atoms with E-state index in [2.05, 4.69) is 5.32 Å². The molecule has 0 radical (unpaired) electrons. The predicted octanol–water partition coefficient (Wildman–Crippen LogP) is 2.61. The van der Waals surface area contributed by atoms with Crippen molar-refractivity contribution in [1.82, 2.24) is 0 Å². The quantitative estimate of drug-likeness (QED) is 0.298. The average Bonchev–Trinajstić information content (AvgIpc) is 2.70. The zero-order valence-electron chi connectivity index (χ0n) is 15.1. The highest BCUT2D eigenvalue weighted by Crippen LogP contribution is 2.29. The second kappa shape index (κ2) is 9.52. The topological polar surface area (TPSA) is 152 Å². The van der Waals surface area contributed by atoms with Gasteiger partial charge in [0.1, 0.15) is 28.8 Å². The molecule has 2 rings (SSSR count). The number of nitrogens with one attached hydrogen (secondary N) is 1. The van der Waals surface area contributed by atoms with E-state index < -0.39 is 23.4 Å². The van der Waals surface area contributed by atoms with Crippen molar-refractivity contribution in [3.05, 3.63) is 63.7 Å². The monoisotopic (exact) mass is 397 g/mol. The molecule has 10 heteroatoms. The van der Waals surface area contributed by atoms with Crippen LogP contribution in [0.15, 0.2) is 48.0 Å². The van der Waals surface area contributed by atoms with Gasteiger partial charge < -0.3 is 19.9 Å². The van der Waals surface area contributed by atoms with Gasteiger partial charge >= 0.3 is 5.97 Å². The number of ether oxygens (including phenoxy) is 2. The molecule has 0 fully saturated rings. The van der Waals surface area contributed by atoms with Crippen molar-refractivity contribution < 1.29 is 29.1 Å². The Morgan fingerprint density at radius 3 is 2.66 bits per heavy atom. The molecule has 0 saturated heterocycles. The molecule has 29 heavy (non-hydrogen) atoms. The summed E-state index contributed by atoms with van der Waals surface area (Å²) in [5.74, 6) is -1.52. The first kappa shape index (κ1) is 20.9. The fourth-order valence-corrected chi connectivity index (χ4v) is 2.24. The summed E-state index contributed by atoms with van der Waals surface area (Å²) in [4.78, 5) is 33.5. The minimum absolute atomic E-state index is 0.0968. The van der Waals surface area contributed by atoms with Gasteiger partial charge in [-0.25, -0.2) is 4.79 Å². The van der Waals surface area contributed by atoms with E-state index in [4.69, 9.17) is 14.6 Å². The Hall–Kier alpha value is -4.39. The number of nitrogens with zero attached hydrogens (tertiary/aromatic N) is 2. The van der Waals surface area contributed by atoms with Gasteiger partial charge in [-0.15, -0.1) is 0 Å². The molecule has 2 N–H and O–H groups in total. The van der Waals surface area contributed by atoms with E-state index in [0.717, 1.165) is 6.07 Å². The number of nitriles is 1. The van der Waals surface area contributed by atoms with Crippen molar-refractivity contribution in [2.45, 2.75) is 0 Å². The number of aliphatic carboxylic acids is 1. The number of methoxy groups -OCH3 is 1. The molecule has 0 spiro atoms. The highest BCUT2D eigenvalue weighted by atomic mass is 16.6. The molecule has 0 saturated carbocycles. The van der Waals surface area contributed by atoms with Crippen LogP contribution in [0.4, 0.5) is 11.4 Å². The first-order valence-electron chi connectivity index (χ1n) is 8.04. The highest BCUT2D eigenvalue weighted by Gasteiger charge is 2.19. The molecular weight excluding hydrogens is 382 g/mol. The van der Waals surface area contributed by atoms with E-state index in [9.17, 15) is 25.0 Å². The molecule has 0 unspecified atom stereocenters. The summed E-state index contributed by atoms with van der Waals surface area (Å²) >= 11 is 0. The third-order valence-electron chi connectivity index (χ3n) is 3.55. The van der Waals surface area contributed by atoms with Crippen molar-refractivity contribution in [3.63, 3.8) is 0 Å². The van der Waals surface area contributed by atoms with E-state index in [1.54, 1.807) is 18.2 Å². The van der Waals surface area contributed by atoms with Gasteiger partial charge in [0.25, 0.3) is 11.6 Å². The standard InChI is InChI=1S/C19H15N3O7/c1-28-14-5-6-16(17(9-14)22(26)27)21-19(25)13(10-20)7-12-3-2-4-15(8-12)29-11-18(23)24/h2-9H,11H2,1H3,(H,21,25)(H,23,24)/b13-7+. The Labute approximate surface area is 164 Å². The first-order valence-corrected chi connectivity index (χ1v) is 8.04. The van der Waals surface area contributed by atoms with E-state index in [-0.39, 0.29) is 28.4 Å². The lowest BCUT2D eigenvalue weighted by molar-refractivity contribution is -0.384. The number of hydrogen-bond acceptors (Lipinski definition) is 7. The fourth-order valence-electron chi connectivity index (χ4n) is 2.24. The van der Waals surface area contributed by atoms with Gasteiger partial charge in [0, 0.05) is 0 Å². The average molecular weight is 397 g/mol. The van der Waals surface area contributed by atoms with Crippen LogP contribution >= 0.6 is 0 Å². The molecule has 10 nitrogen and oxygen atoms in total. The van der Waals surface area contributed by atoms with Crippen LogP contribution in [-0.4, -0.2) is 35.6 Å². The number of nitro benzene ring substituents is 1. The molecule has 1 amide bonds. The zero-order valence-corrected chi connectivity index (χ0v) is 15.1. The number of carbonyl (C=O) groups excluding carboxylic acids is 1.